The van der Waals surface area contributed by atoms with Gasteiger partial charge in [-0.1, -0.05) is 34.1 Å². The van der Waals surface area contributed by atoms with E-state index in [2.05, 4.69) is 15.9 Å². The lowest BCUT2D eigenvalue weighted by molar-refractivity contribution is -0.126. The Hall–Kier alpha value is -2.97. The standard InChI is InChI=1S/C22H17BrN2O5/c1-24-15-6-4-3-5-14(15)22(21(24)28)17-18(26)13-11-12(23)7-8-16(13)30-19(17)20(27)25(22)9-10-29-2/h3-8,11H,9-10H2,1-2H3. The Morgan fingerprint density at radius 2 is 1.90 bits per heavy atom. The van der Waals surface area contributed by atoms with Gasteiger partial charge >= 0.3 is 0 Å². The molecule has 3 aromatic rings. The van der Waals surface area contributed by atoms with E-state index < -0.39 is 11.4 Å². The Morgan fingerprint density at radius 3 is 2.67 bits per heavy atom. The van der Waals surface area contributed by atoms with Crippen LogP contribution in [0.2, 0.25) is 0 Å². The average molecular weight is 469 g/mol. The second kappa shape index (κ2) is 6.52. The van der Waals surface area contributed by atoms with Gasteiger partial charge in [0.15, 0.2) is 11.0 Å². The number of nitrogens with zero attached hydrogens (tertiary/aromatic N) is 2. The lowest BCUT2D eigenvalue weighted by Gasteiger charge is -2.33. The number of rotatable bonds is 3. The molecule has 2 aromatic carbocycles. The van der Waals surface area contributed by atoms with Gasteiger partial charge in [0.25, 0.3) is 11.8 Å². The van der Waals surface area contributed by atoms with Gasteiger partial charge in [0.2, 0.25) is 5.76 Å². The minimum absolute atomic E-state index is 0.0657. The van der Waals surface area contributed by atoms with Crippen LogP contribution in [0.4, 0.5) is 5.69 Å². The van der Waals surface area contributed by atoms with Gasteiger partial charge in [0.1, 0.15) is 5.58 Å². The molecule has 2 aliphatic rings. The molecule has 0 radical (unpaired) electrons. The molecular formula is C22H17BrN2O5. The van der Waals surface area contributed by atoms with Crippen LogP contribution in [-0.2, 0) is 15.1 Å². The van der Waals surface area contributed by atoms with Gasteiger partial charge in [-0.3, -0.25) is 14.4 Å². The SMILES string of the molecule is COCCN1C(=O)c2oc3ccc(Br)cc3c(=O)c2C12C(=O)N(C)c1ccccc12. The lowest BCUT2D eigenvalue weighted by Crippen LogP contribution is -2.53. The summed E-state index contributed by atoms with van der Waals surface area (Å²) in [5.74, 6) is -0.958. The fourth-order valence-electron chi connectivity index (χ4n) is 4.55. The van der Waals surface area contributed by atoms with Crippen molar-refractivity contribution in [3.63, 3.8) is 0 Å². The van der Waals surface area contributed by atoms with E-state index >= 15 is 0 Å². The van der Waals surface area contributed by atoms with Crippen molar-refractivity contribution < 1.29 is 18.7 Å². The first kappa shape index (κ1) is 19.0. The summed E-state index contributed by atoms with van der Waals surface area (Å²) in [6, 6.07) is 12.2. The number of anilines is 1. The molecule has 2 amide bonds. The van der Waals surface area contributed by atoms with Crippen LogP contribution in [-0.4, -0.2) is 44.0 Å². The second-order valence-electron chi connectivity index (χ2n) is 7.32. The van der Waals surface area contributed by atoms with Crippen LogP contribution >= 0.6 is 15.9 Å². The smallest absolute Gasteiger partial charge is 0.291 e. The molecule has 3 heterocycles. The summed E-state index contributed by atoms with van der Waals surface area (Å²) in [4.78, 5) is 43.8. The molecule has 0 fully saturated rings. The monoisotopic (exact) mass is 468 g/mol. The van der Waals surface area contributed by atoms with Crippen molar-refractivity contribution in [2.45, 2.75) is 5.54 Å². The molecule has 5 rings (SSSR count). The molecule has 8 heteroatoms. The van der Waals surface area contributed by atoms with Crippen molar-refractivity contribution in [3.8, 4) is 0 Å². The van der Waals surface area contributed by atoms with Crippen LogP contribution in [0.1, 0.15) is 21.7 Å². The van der Waals surface area contributed by atoms with Crippen LogP contribution in [0.25, 0.3) is 11.0 Å². The Bertz CT molecular complexity index is 1300. The first-order valence-corrected chi connectivity index (χ1v) is 10.2. The molecule has 7 nitrogen and oxygen atoms in total. The highest BCUT2D eigenvalue weighted by Gasteiger charge is 2.64. The van der Waals surface area contributed by atoms with Crippen LogP contribution in [0.5, 0.6) is 0 Å². The number of fused-ring (bicyclic) bond motifs is 5. The van der Waals surface area contributed by atoms with Crippen molar-refractivity contribution in [2.24, 2.45) is 0 Å². The van der Waals surface area contributed by atoms with Crippen molar-refractivity contribution in [2.75, 3.05) is 32.2 Å². The van der Waals surface area contributed by atoms with Crippen molar-refractivity contribution in [1.82, 2.24) is 4.90 Å². The van der Waals surface area contributed by atoms with Crippen LogP contribution in [0.3, 0.4) is 0 Å². The van der Waals surface area contributed by atoms with Crippen LogP contribution < -0.4 is 10.3 Å². The molecule has 1 spiro atoms. The molecule has 1 aromatic heterocycles. The number of hydrogen-bond acceptors (Lipinski definition) is 5. The van der Waals surface area contributed by atoms with E-state index in [-0.39, 0.29) is 35.8 Å². The van der Waals surface area contributed by atoms with E-state index in [0.717, 1.165) is 0 Å². The molecule has 0 aliphatic carbocycles. The fraction of sp³-hybridized carbons (Fsp3) is 0.227. The zero-order chi connectivity index (χ0) is 21.2. The van der Waals surface area contributed by atoms with E-state index in [1.807, 2.05) is 6.07 Å². The minimum Gasteiger partial charge on any atom is -0.450 e. The van der Waals surface area contributed by atoms with Crippen molar-refractivity contribution >= 4 is 44.4 Å². The van der Waals surface area contributed by atoms with Crippen molar-refractivity contribution in [1.29, 1.82) is 0 Å². The molecule has 2 aliphatic heterocycles. The number of halogens is 1. The zero-order valence-electron chi connectivity index (χ0n) is 16.3. The molecule has 0 bridgehead atoms. The number of amides is 2. The van der Waals surface area contributed by atoms with E-state index in [0.29, 0.717) is 26.7 Å². The molecule has 1 atom stereocenters. The largest absolute Gasteiger partial charge is 0.450 e. The number of carbonyl (C=O) groups excluding carboxylic acids is 2. The number of para-hydroxylation sites is 1. The summed E-state index contributed by atoms with van der Waals surface area (Å²) in [6.07, 6.45) is 0. The van der Waals surface area contributed by atoms with E-state index in [1.54, 1.807) is 43.4 Å². The summed E-state index contributed by atoms with van der Waals surface area (Å²) in [7, 11) is 3.16. The first-order valence-electron chi connectivity index (χ1n) is 9.38. The maximum Gasteiger partial charge on any atom is 0.291 e. The summed E-state index contributed by atoms with van der Waals surface area (Å²) in [5.41, 5.74) is -0.365. The fourth-order valence-corrected chi connectivity index (χ4v) is 4.91. The Morgan fingerprint density at radius 1 is 1.13 bits per heavy atom. The van der Waals surface area contributed by atoms with Gasteiger partial charge in [0, 0.05) is 36.4 Å². The average Bonchev–Trinajstić information content (AvgIpc) is 3.12. The number of ether oxygens (including phenoxy) is 1. The second-order valence-corrected chi connectivity index (χ2v) is 8.23. The Kier molecular flexibility index (Phi) is 4.13. The summed E-state index contributed by atoms with van der Waals surface area (Å²) >= 11 is 3.38. The lowest BCUT2D eigenvalue weighted by atomic mass is 9.84. The summed E-state index contributed by atoms with van der Waals surface area (Å²) < 4.78 is 11.8. The predicted molar refractivity (Wildman–Crippen MR) is 114 cm³/mol. The molecule has 152 valence electrons. The zero-order valence-corrected chi connectivity index (χ0v) is 17.9. The predicted octanol–water partition coefficient (Wildman–Crippen LogP) is 2.88. The van der Waals surface area contributed by atoms with Gasteiger partial charge in [-0.15, -0.1) is 0 Å². The highest BCUT2D eigenvalue weighted by Crippen LogP contribution is 2.51. The van der Waals surface area contributed by atoms with Gasteiger partial charge < -0.3 is 19.0 Å². The van der Waals surface area contributed by atoms with Crippen LogP contribution in [0.15, 0.2) is 56.1 Å². The third kappa shape index (κ3) is 2.20. The number of methoxy groups -OCH3 is 1. The Labute approximate surface area is 180 Å². The van der Waals surface area contributed by atoms with Gasteiger partial charge in [0.05, 0.1) is 17.6 Å². The first-order chi connectivity index (χ1) is 14.4. The summed E-state index contributed by atoms with van der Waals surface area (Å²) in [5, 5.41) is 0.309. The van der Waals surface area contributed by atoms with E-state index in [1.165, 1.54) is 16.9 Å². The normalized spacial score (nSPS) is 19.8. The van der Waals surface area contributed by atoms with Crippen LogP contribution in [0, 0.1) is 0 Å². The summed E-state index contributed by atoms with van der Waals surface area (Å²) in [6.45, 7) is 0.340. The minimum atomic E-state index is -1.58. The van der Waals surface area contributed by atoms with Gasteiger partial charge in [-0.05, 0) is 24.3 Å². The number of benzene rings is 2. The van der Waals surface area contributed by atoms with E-state index in [9.17, 15) is 14.4 Å². The number of hydrogen-bond donors (Lipinski definition) is 0. The maximum atomic E-state index is 13.7. The highest BCUT2D eigenvalue weighted by atomic mass is 79.9. The third-order valence-corrected chi connectivity index (χ3v) is 6.34. The molecule has 0 saturated heterocycles. The molecule has 0 saturated carbocycles. The quantitative estimate of drug-likeness (QED) is 0.590. The Balaban J connectivity index is 1.93. The van der Waals surface area contributed by atoms with E-state index in [4.69, 9.17) is 9.15 Å². The highest BCUT2D eigenvalue weighted by molar-refractivity contribution is 9.10. The molecular weight excluding hydrogens is 452 g/mol. The molecule has 0 N–H and O–H groups in total. The van der Waals surface area contributed by atoms with Gasteiger partial charge in [-0.25, -0.2) is 0 Å². The topological polar surface area (TPSA) is 80.1 Å². The van der Waals surface area contributed by atoms with Gasteiger partial charge in [-0.2, -0.15) is 0 Å². The maximum absolute atomic E-state index is 13.7. The number of carbonyl (C=O) groups is 2. The third-order valence-electron chi connectivity index (χ3n) is 5.85. The molecule has 30 heavy (non-hydrogen) atoms. The van der Waals surface area contributed by atoms with Crippen molar-refractivity contribution in [3.05, 3.63) is 74.0 Å². The molecule has 1 unspecified atom stereocenters. The number of likely N-dealkylation sites (N-methyl/N-ethyl adjacent to an activating group) is 1.